The average Bonchev–Trinajstić information content (AvgIpc) is 3.78. The van der Waals surface area contributed by atoms with Gasteiger partial charge in [0.25, 0.3) is 10.1 Å². The number of hydrogen-bond donors (Lipinski definition) is 3. The summed E-state index contributed by atoms with van der Waals surface area (Å²) in [4.78, 5) is 18.7. The zero-order valence-electron chi connectivity index (χ0n) is 25.9. The van der Waals surface area contributed by atoms with Crippen molar-refractivity contribution in [1.82, 2.24) is 24.8 Å². The van der Waals surface area contributed by atoms with Crippen molar-refractivity contribution in [3.05, 3.63) is 117 Å². The lowest BCUT2D eigenvalue weighted by Gasteiger charge is -2.16. The molecule has 228 valence electrons. The molecule has 3 aliphatic rings. The first-order valence-corrected chi connectivity index (χ1v) is 16.1. The molecule has 3 aromatic heterocycles. The molecular formula is C36H35N5O3S. The Morgan fingerprint density at radius 3 is 1.76 bits per heavy atom. The van der Waals surface area contributed by atoms with Gasteiger partial charge in [-0.1, -0.05) is 12.1 Å². The van der Waals surface area contributed by atoms with Crippen molar-refractivity contribution in [2.75, 3.05) is 13.6 Å². The van der Waals surface area contributed by atoms with Crippen LogP contribution in [0.25, 0.3) is 51.9 Å². The zero-order valence-corrected chi connectivity index (χ0v) is 26.7. The molecule has 7 rings (SSSR count). The minimum atomic E-state index is -4.11. The average molecular weight is 618 g/mol. The number of allylic oxidation sites excluding steroid dienone is 2. The highest BCUT2D eigenvalue weighted by Gasteiger charge is 2.19. The first-order chi connectivity index (χ1) is 21.4. The number of benzene rings is 1. The van der Waals surface area contributed by atoms with Crippen LogP contribution in [0.3, 0.4) is 0 Å². The third-order valence-corrected chi connectivity index (χ3v) is 9.27. The van der Waals surface area contributed by atoms with Crippen molar-refractivity contribution in [2.45, 2.75) is 32.6 Å². The van der Waals surface area contributed by atoms with E-state index in [2.05, 4.69) is 88.8 Å². The molecule has 45 heavy (non-hydrogen) atoms. The van der Waals surface area contributed by atoms with Crippen molar-refractivity contribution in [2.24, 2.45) is 0 Å². The summed E-state index contributed by atoms with van der Waals surface area (Å²) in [7, 11) is -2.03. The molecule has 0 fully saturated rings. The summed E-state index contributed by atoms with van der Waals surface area (Å²) in [5.74, 6) is 0. The van der Waals surface area contributed by atoms with Crippen LogP contribution in [-0.2, 0) is 10.1 Å². The molecule has 0 atom stereocenters. The normalized spacial score (nSPS) is 13.9. The topological polar surface area (TPSA) is 115 Å². The van der Waals surface area contributed by atoms with Gasteiger partial charge >= 0.3 is 0 Å². The molecule has 8 nitrogen and oxygen atoms in total. The van der Waals surface area contributed by atoms with E-state index >= 15 is 0 Å². The van der Waals surface area contributed by atoms with Gasteiger partial charge in [-0.3, -0.25) is 4.55 Å². The van der Waals surface area contributed by atoms with Crippen LogP contribution in [-0.4, -0.2) is 51.4 Å². The number of aromatic amines is 2. The van der Waals surface area contributed by atoms with E-state index in [4.69, 9.17) is 14.5 Å². The maximum Gasteiger partial charge on any atom is 0.295 e. The fourth-order valence-electron chi connectivity index (χ4n) is 5.60. The van der Waals surface area contributed by atoms with Gasteiger partial charge < -0.3 is 14.9 Å². The third-order valence-electron chi connectivity index (χ3n) is 8.14. The number of nitrogens with zero attached hydrogens (tertiary/aromatic N) is 3. The fourth-order valence-corrected chi connectivity index (χ4v) is 6.70. The summed E-state index contributed by atoms with van der Waals surface area (Å²) in [6.45, 7) is 7.95. The smallest absolute Gasteiger partial charge is 0.295 e. The van der Waals surface area contributed by atoms with Crippen LogP contribution < -0.4 is 0 Å². The number of hydrogen-bond acceptors (Lipinski definition) is 5. The van der Waals surface area contributed by atoms with Crippen molar-refractivity contribution in [1.29, 1.82) is 0 Å². The standard InChI is InChI=1S/C26H21N5.C10H14O3S/c1-31-10-8-17(9-11-31)25-15-24-14-22-5-4-20(28-22)12-18-2-3-19(27-18)13-21-6-7-23(29-21)16-26(25)30-24;1-6-5-7(2)9(4)10(8(6)3)14(11,12)13/h2-10,12-16,27,30H,11H2,1H3;5H,1-4H3,(H,11,12,13). The van der Waals surface area contributed by atoms with Gasteiger partial charge in [-0.15, -0.1) is 0 Å². The Hall–Kier alpha value is -4.99. The minimum Gasteiger partial charge on any atom is -0.377 e. The van der Waals surface area contributed by atoms with Crippen molar-refractivity contribution >= 4 is 62.1 Å². The first-order valence-electron chi connectivity index (χ1n) is 14.7. The molecule has 4 aromatic rings. The lowest BCUT2D eigenvalue weighted by Crippen LogP contribution is -2.13. The molecule has 6 heterocycles. The number of aromatic nitrogens is 4. The Morgan fingerprint density at radius 1 is 0.711 bits per heavy atom. The van der Waals surface area contributed by atoms with Crippen LogP contribution in [0.2, 0.25) is 0 Å². The van der Waals surface area contributed by atoms with E-state index in [1.165, 1.54) is 11.1 Å². The molecule has 0 saturated heterocycles. The van der Waals surface area contributed by atoms with Gasteiger partial charge in [-0.05, 0) is 135 Å². The van der Waals surface area contributed by atoms with E-state index in [0.29, 0.717) is 11.1 Å². The van der Waals surface area contributed by atoms with E-state index in [-0.39, 0.29) is 4.90 Å². The maximum absolute atomic E-state index is 11.1. The van der Waals surface area contributed by atoms with Gasteiger partial charge in [0.15, 0.2) is 0 Å². The molecule has 0 unspecified atom stereocenters. The number of likely N-dealkylation sites (N-methyl/N-ethyl adjacent to an activating group) is 1. The molecule has 8 bridgehead atoms. The van der Waals surface area contributed by atoms with Crippen molar-refractivity contribution < 1.29 is 13.0 Å². The second-order valence-corrected chi connectivity index (χ2v) is 12.9. The molecule has 0 saturated carbocycles. The van der Waals surface area contributed by atoms with Gasteiger partial charge in [0.2, 0.25) is 0 Å². The van der Waals surface area contributed by atoms with Crippen LogP contribution in [0, 0.1) is 27.7 Å². The van der Waals surface area contributed by atoms with E-state index < -0.39 is 10.1 Å². The van der Waals surface area contributed by atoms with Crippen LogP contribution in [0.1, 0.15) is 50.6 Å². The summed E-state index contributed by atoms with van der Waals surface area (Å²) in [6.07, 6.45) is 14.7. The van der Waals surface area contributed by atoms with Gasteiger partial charge in [-0.25, -0.2) is 9.97 Å². The van der Waals surface area contributed by atoms with Crippen LogP contribution in [0.4, 0.5) is 0 Å². The Balaban J connectivity index is 0.000000216. The third kappa shape index (κ3) is 6.60. The maximum atomic E-state index is 11.1. The Morgan fingerprint density at radius 2 is 1.24 bits per heavy atom. The first kappa shape index (κ1) is 30.1. The minimum absolute atomic E-state index is 0.0509. The fraction of sp³-hybridized carbons (Fsp3) is 0.167. The predicted molar refractivity (Wildman–Crippen MR) is 184 cm³/mol. The Kier molecular flexibility index (Phi) is 7.90. The molecule has 3 N–H and O–H groups in total. The molecule has 0 amide bonds. The van der Waals surface area contributed by atoms with Crippen molar-refractivity contribution in [3.8, 4) is 0 Å². The van der Waals surface area contributed by atoms with E-state index in [9.17, 15) is 8.42 Å². The van der Waals surface area contributed by atoms with Gasteiger partial charge in [0.05, 0.1) is 22.8 Å². The molecular weight excluding hydrogens is 582 g/mol. The molecule has 0 radical (unpaired) electrons. The summed E-state index contributed by atoms with van der Waals surface area (Å²) in [6, 6.07) is 16.5. The second kappa shape index (κ2) is 11.8. The predicted octanol–water partition coefficient (Wildman–Crippen LogP) is 7.67. The molecule has 1 aromatic carbocycles. The zero-order chi connectivity index (χ0) is 31.9. The van der Waals surface area contributed by atoms with Crippen LogP contribution in [0.5, 0.6) is 0 Å². The number of fused-ring (bicyclic) bond motifs is 8. The monoisotopic (exact) mass is 617 g/mol. The summed E-state index contributed by atoms with van der Waals surface area (Å²) >= 11 is 0. The highest BCUT2D eigenvalue weighted by atomic mass is 32.2. The largest absolute Gasteiger partial charge is 0.377 e. The lowest BCUT2D eigenvalue weighted by molar-refractivity contribution is 0.481. The number of aryl methyl sites for hydroxylation is 2. The summed E-state index contributed by atoms with van der Waals surface area (Å²) in [5.41, 5.74) is 13.2. The summed E-state index contributed by atoms with van der Waals surface area (Å²) < 4.78 is 31.3. The van der Waals surface area contributed by atoms with Gasteiger partial charge in [0.1, 0.15) is 4.90 Å². The highest BCUT2D eigenvalue weighted by Crippen LogP contribution is 2.28. The molecule has 9 heteroatoms. The second-order valence-electron chi connectivity index (χ2n) is 11.6. The number of nitrogens with one attached hydrogen (secondary N) is 2. The Bertz CT molecular complexity index is 2210. The van der Waals surface area contributed by atoms with Gasteiger partial charge in [-0.2, -0.15) is 8.42 Å². The molecule has 3 aliphatic heterocycles. The molecule has 0 spiro atoms. The number of H-pyrrole nitrogens is 2. The quantitative estimate of drug-likeness (QED) is 0.172. The SMILES string of the molecule is CN1C=CC(c2cc3cc4nc(cc5ccc(cc6nc(cc2[nH]3)C=C6)[nH]5)C=C4)=CC1.Cc1cc(C)c(C)c(S(=O)(=O)O)c1C. The van der Waals surface area contributed by atoms with Gasteiger partial charge in [0, 0.05) is 41.2 Å². The van der Waals surface area contributed by atoms with Crippen molar-refractivity contribution in [3.63, 3.8) is 0 Å². The van der Waals surface area contributed by atoms with E-state index in [0.717, 1.165) is 62.5 Å². The molecule has 0 aliphatic carbocycles. The highest BCUT2D eigenvalue weighted by molar-refractivity contribution is 7.86. The van der Waals surface area contributed by atoms with E-state index in [1.54, 1.807) is 13.8 Å². The Labute approximate surface area is 263 Å². The summed E-state index contributed by atoms with van der Waals surface area (Å²) in [5, 5.41) is 0. The lowest BCUT2D eigenvalue weighted by atomic mass is 10.0. The number of rotatable bonds is 2. The van der Waals surface area contributed by atoms with E-state index in [1.807, 2.05) is 38.1 Å². The van der Waals surface area contributed by atoms with Crippen LogP contribution >= 0.6 is 0 Å². The van der Waals surface area contributed by atoms with Crippen LogP contribution in [0.15, 0.2) is 71.8 Å².